The molecule has 0 radical (unpaired) electrons. The lowest BCUT2D eigenvalue weighted by atomic mass is 10.2. The van der Waals surface area contributed by atoms with Crippen molar-refractivity contribution in [1.82, 2.24) is 15.0 Å². The first kappa shape index (κ1) is 16.9. The molecule has 0 bridgehead atoms. The Labute approximate surface area is 159 Å². The molecule has 0 aliphatic carbocycles. The molecule has 5 nitrogen and oxygen atoms in total. The summed E-state index contributed by atoms with van der Waals surface area (Å²) < 4.78 is 5.23. The normalized spacial score (nSPS) is 12.3. The van der Waals surface area contributed by atoms with Crippen LogP contribution in [0.2, 0.25) is 0 Å². The Morgan fingerprint density at radius 3 is 2.69 bits per heavy atom. The van der Waals surface area contributed by atoms with Gasteiger partial charge in [-0.15, -0.1) is 22.7 Å². The minimum atomic E-state index is 0.109. The van der Waals surface area contributed by atoms with Gasteiger partial charge in [-0.05, 0) is 49.6 Å². The van der Waals surface area contributed by atoms with Gasteiger partial charge in [-0.25, -0.2) is 15.0 Å². The van der Waals surface area contributed by atoms with E-state index in [0.717, 1.165) is 38.0 Å². The van der Waals surface area contributed by atoms with Gasteiger partial charge in [0.1, 0.15) is 27.7 Å². The number of methoxy groups -OCH3 is 1. The molecule has 1 N–H and O–H groups in total. The van der Waals surface area contributed by atoms with E-state index in [1.807, 2.05) is 29.6 Å². The van der Waals surface area contributed by atoms with Crippen LogP contribution in [-0.2, 0) is 0 Å². The van der Waals surface area contributed by atoms with Crippen LogP contribution in [0.1, 0.15) is 23.5 Å². The first-order chi connectivity index (χ1) is 12.7. The minimum absolute atomic E-state index is 0.109. The number of benzene rings is 1. The van der Waals surface area contributed by atoms with E-state index in [1.165, 1.54) is 4.88 Å². The molecule has 0 spiro atoms. The first-order valence-corrected chi connectivity index (χ1v) is 9.92. The molecular formula is C19H18N4OS2. The second-order valence-corrected chi connectivity index (χ2v) is 7.85. The maximum atomic E-state index is 5.23. The van der Waals surface area contributed by atoms with Crippen molar-refractivity contribution in [3.8, 4) is 16.3 Å². The summed E-state index contributed by atoms with van der Waals surface area (Å²) >= 11 is 3.33. The van der Waals surface area contributed by atoms with Gasteiger partial charge in [0, 0.05) is 10.4 Å². The van der Waals surface area contributed by atoms with Gasteiger partial charge in [0.05, 0.1) is 24.2 Å². The van der Waals surface area contributed by atoms with Crippen LogP contribution < -0.4 is 10.1 Å². The number of rotatable bonds is 5. The molecule has 0 aliphatic heterocycles. The molecule has 0 aliphatic rings. The zero-order valence-corrected chi connectivity index (χ0v) is 16.3. The molecule has 4 rings (SSSR count). The summed E-state index contributed by atoms with van der Waals surface area (Å²) in [6.07, 6.45) is 1.61. The largest absolute Gasteiger partial charge is 0.497 e. The van der Waals surface area contributed by atoms with Gasteiger partial charge in [0.15, 0.2) is 0 Å². The monoisotopic (exact) mass is 382 g/mol. The van der Waals surface area contributed by atoms with Crippen molar-refractivity contribution in [3.05, 3.63) is 52.6 Å². The second-order valence-electron chi connectivity index (χ2n) is 5.92. The van der Waals surface area contributed by atoms with E-state index < -0.39 is 0 Å². The van der Waals surface area contributed by atoms with Gasteiger partial charge in [0.2, 0.25) is 0 Å². The molecule has 4 aromatic rings. The number of thiophene rings is 1. The average Bonchev–Trinajstić information content (AvgIpc) is 3.29. The SMILES string of the molecule is COc1ccc(-c2nc(C)c(C(C)Nc3ncnc4sccc34)s2)cc1. The Hall–Kier alpha value is -2.51. The zero-order valence-electron chi connectivity index (χ0n) is 14.7. The summed E-state index contributed by atoms with van der Waals surface area (Å²) in [5.74, 6) is 1.71. The number of nitrogens with zero attached hydrogens (tertiary/aromatic N) is 3. The highest BCUT2D eigenvalue weighted by Crippen LogP contribution is 2.34. The predicted molar refractivity (Wildman–Crippen MR) is 108 cm³/mol. The molecule has 1 aromatic carbocycles. The third-order valence-corrected chi connectivity index (χ3v) is 6.39. The average molecular weight is 383 g/mol. The maximum absolute atomic E-state index is 5.23. The predicted octanol–water partition coefficient (Wildman–Crippen LogP) is 5.30. The zero-order chi connectivity index (χ0) is 18.1. The van der Waals surface area contributed by atoms with Crippen molar-refractivity contribution in [2.24, 2.45) is 0 Å². The third kappa shape index (κ3) is 3.15. The number of aryl methyl sites for hydroxylation is 1. The highest BCUT2D eigenvalue weighted by Gasteiger charge is 2.17. The molecular weight excluding hydrogens is 364 g/mol. The van der Waals surface area contributed by atoms with Gasteiger partial charge < -0.3 is 10.1 Å². The summed E-state index contributed by atoms with van der Waals surface area (Å²) in [7, 11) is 1.67. The van der Waals surface area contributed by atoms with Crippen molar-refractivity contribution >= 4 is 38.7 Å². The second kappa shape index (κ2) is 7.01. The molecule has 1 atom stereocenters. The highest BCUT2D eigenvalue weighted by molar-refractivity contribution is 7.16. The molecule has 132 valence electrons. The Bertz CT molecular complexity index is 1040. The van der Waals surface area contributed by atoms with Crippen molar-refractivity contribution < 1.29 is 4.74 Å². The quantitative estimate of drug-likeness (QED) is 0.507. The van der Waals surface area contributed by atoms with Crippen LogP contribution in [0.25, 0.3) is 20.8 Å². The number of nitrogens with one attached hydrogen (secondary N) is 1. The fourth-order valence-corrected chi connectivity index (χ4v) is 4.65. The number of thiazole rings is 1. The Morgan fingerprint density at radius 1 is 1.12 bits per heavy atom. The van der Waals surface area contributed by atoms with Crippen molar-refractivity contribution in [3.63, 3.8) is 0 Å². The fraction of sp³-hybridized carbons (Fsp3) is 0.211. The molecule has 3 aromatic heterocycles. The van der Waals surface area contributed by atoms with E-state index in [9.17, 15) is 0 Å². The maximum Gasteiger partial charge on any atom is 0.138 e. The van der Waals surface area contributed by atoms with Crippen LogP contribution >= 0.6 is 22.7 Å². The van der Waals surface area contributed by atoms with Crippen LogP contribution in [0.15, 0.2) is 42.0 Å². The standard InChI is InChI=1S/C19H18N4OS2/c1-11(22-17-15-8-9-25-19(15)21-10-20-17)16-12(2)23-18(26-16)13-4-6-14(24-3)7-5-13/h4-11H,1-3H3,(H,20,21,22). The summed E-state index contributed by atoms with van der Waals surface area (Å²) in [5, 5.41) is 7.62. The summed E-state index contributed by atoms with van der Waals surface area (Å²) in [6, 6.07) is 10.2. The summed E-state index contributed by atoms with van der Waals surface area (Å²) in [6.45, 7) is 4.19. The van der Waals surface area contributed by atoms with Crippen LogP contribution in [0.5, 0.6) is 5.75 Å². The highest BCUT2D eigenvalue weighted by atomic mass is 32.1. The fourth-order valence-electron chi connectivity index (χ4n) is 2.84. The summed E-state index contributed by atoms with van der Waals surface area (Å²) in [4.78, 5) is 15.7. The lowest BCUT2D eigenvalue weighted by Crippen LogP contribution is -2.08. The Kier molecular flexibility index (Phi) is 4.57. The number of anilines is 1. The number of aromatic nitrogens is 3. The van der Waals surface area contributed by atoms with E-state index in [1.54, 1.807) is 36.1 Å². The number of ether oxygens (including phenoxy) is 1. The Balaban J connectivity index is 1.61. The van der Waals surface area contributed by atoms with E-state index >= 15 is 0 Å². The molecule has 3 heterocycles. The molecule has 0 amide bonds. The van der Waals surface area contributed by atoms with Gasteiger partial charge in [-0.1, -0.05) is 0 Å². The van der Waals surface area contributed by atoms with E-state index in [2.05, 4.69) is 35.2 Å². The van der Waals surface area contributed by atoms with Gasteiger partial charge in [0.25, 0.3) is 0 Å². The molecule has 0 saturated carbocycles. The molecule has 1 unspecified atom stereocenters. The number of hydrogen-bond acceptors (Lipinski definition) is 7. The van der Waals surface area contributed by atoms with Crippen LogP contribution in [-0.4, -0.2) is 22.1 Å². The van der Waals surface area contributed by atoms with Crippen LogP contribution in [0.4, 0.5) is 5.82 Å². The first-order valence-electron chi connectivity index (χ1n) is 8.22. The molecule has 0 saturated heterocycles. The number of hydrogen-bond donors (Lipinski definition) is 1. The number of fused-ring (bicyclic) bond motifs is 1. The summed E-state index contributed by atoms with van der Waals surface area (Å²) in [5.41, 5.74) is 2.14. The van der Waals surface area contributed by atoms with E-state index in [4.69, 9.17) is 9.72 Å². The van der Waals surface area contributed by atoms with Gasteiger partial charge in [-0.3, -0.25) is 0 Å². The Morgan fingerprint density at radius 2 is 1.92 bits per heavy atom. The van der Waals surface area contributed by atoms with Gasteiger partial charge in [-0.2, -0.15) is 0 Å². The molecule has 26 heavy (non-hydrogen) atoms. The third-order valence-electron chi connectivity index (χ3n) is 4.18. The smallest absolute Gasteiger partial charge is 0.138 e. The van der Waals surface area contributed by atoms with Crippen molar-refractivity contribution in [2.45, 2.75) is 19.9 Å². The van der Waals surface area contributed by atoms with Crippen molar-refractivity contribution in [1.29, 1.82) is 0 Å². The lowest BCUT2D eigenvalue weighted by Gasteiger charge is -2.14. The lowest BCUT2D eigenvalue weighted by molar-refractivity contribution is 0.415. The van der Waals surface area contributed by atoms with Crippen LogP contribution in [0.3, 0.4) is 0 Å². The van der Waals surface area contributed by atoms with E-state index in [-0.39, 0.29) is 6.04 Å². The molecule has 7 heteroatoms. The van der Waals surface area contributed by atoms with Crippen molar-refractivity contribution in [2.75, 3.05) is 12.4 Å². The van der Waals surface area contributed by atoms with Gasteiger partial charge >= 0.3 is 0 Å². The van der Waals surface area contributed by atoms with Crippen LogP contribution in [0, 0.1) is 6.92 Å². The minimum Gasteiger partial charge on any atom is -0.497 e. The van der Waals surface area contributed by atoms with E-state index in [0.29, 0.717) is 0 Å². The topological polar surface area (TPSA) is 59.9 Å². The molecule has 0 fully saturated rings.